The molecule has 0 aliphatic heterocycles. The zero-order valence-corrected chi connectivity index (χ0v) is 12.8. The Morgan fingerprint density at radius 3 is 2.70 bits per heavy atom. The first-order valence-corrected chi connectivity index (χ1v) is 8.47. The van der Waals surface area contributed by atoms with Crippen molar-refractivity contribution in [1.82, 2.24) is 14.8 Å². The molecule has 0 radical (unpaired) electrons. The molecule has 4 heteroatoms. The summed E-state index contributed by atoms with van der Waals surface area (Å²) in [5, 5.41) is 9.85. The van der Waals surface area contributed by atoms with Gasteiger partial charge in [0, 0.05) is 18.2 Å². The number of benzene rings is 1. The molecule has 20 heavy (non-hydrogen) atoms. The van der Waals surface area contributed by atoms with Crippen LogP contribution in [0.5, 0.6) is 0 Å². The van der Waals surface area contributed by atoms with Crippen LogP contribution in [0.2, 0.25) is 0 Å². The first kappa shape index (κ1) is 13.7. The molecule has 3 rings (SSSR count). The maximum atomic E-state index is 4.38. The summed E-state index contributed by atoms with van der Waals surface area (Å²) in [4.78, 5) is 0. The van der Waals surface area contributed by atoms with Gasteiger partial charge in [-0.15, -0.1) is 10.2 Å². The summed E-state index contributed by atoms with van der Waals surface area (Å²) in [6.45, 7) is 3.17. The highest BCUT2D eigenvalue weighted by atomic mass is 32.2. The van der Waals surface area contributed by atoms with E-state index in [0.717, 1.165) is 23.9 Å². The Bertz CT molecular complexity index is 546. The van der Waals surface area contributed by atoms with Crippen LogP contribution in [0, 0.1) is 0 Å². The lowest BCUT2D eigenvalue weighted by Crippen LogP contribution is -2.02. The quantitative estimate of drug-likeness (QED) is 0.571. The zero-order valence-electron chi connectivity index (χ0n) is 12.0. The number of rotatable bonds is 7. The van der Waals surface area contributed by atoms with E-state index in [1.165, 1.54) is 30.7 Å². The molecule has 1 fully saturated rings. The fourth-order valence-corrected chi connectivity index (χ4v) is 3.38. The average molecular weight is 287 g/mol. The molecule has 1 aromatic heterocycles. The molecular formula is C16H21N3S. The van der Waals surface area contributed by atoms with Gasteiger partial charge in [-0.05, 0) is 38.2 Å². The minimum absolute atomic E-state index is 0.682. The van der Waals surface area contributed by atoms with Crippen molar-refractivity contribution < 1.29 is 0 Å². The van der Waals surface area contributed by atoms with Crippen LogP contribution >= 0.6 is 11.8 Å². The van der Waals surface area contributed by atoms with Crippen molar-refractivity contribution in [3.63, 3.8) is 0 Å². The summed E-state index contributed by atoms with van der Waals surface area (Å²) < 4.78 is 2.30. The molecule has 0 saturated heterocycles. The van der Waals surface area contributed by atoms with E-state index in [-0.39, 0.29) is 0 Å². The molecule has 3 nitrogen and oxygen atoms in total. The highest BCUT2D eigenvalue weighted by molar-refractivity contribution is 7.99. The van der Waals surface area contributed by atoms with E-state index in [0.29, 0.717) is 5.92 Å². The first-order chi connectivity index (χ1) is 9.88. The minimum atomic E-state index is 0.682. The van der Waals surface area contributed by atoms with Crippen LogP contribution in [0.25, 0.3) is 0 Å². The van der Waals surface area contributed by atoms with E-state index in [2.05, 4.69) is 52.0 Å². The summed E-state index contributed by atoms with van der Waals surface area (Å²) in [6, 6.07) is 10.7. The van der Waals surface area contributed by atoms with Crippen molar-refractivity contribution in [2.75, 3.05) is 5.75 Å². The summed E-state index contributed by atoms with van der Waals surface area (Å²) in [7, 11) is 0. The van der Waals surface area contributed by atoms with Gasteiger partial charge in [0.15, 0.2) is 5.16 Å². The maximum absolute atomic E-state index is 4.38. The molecule has 1 aliphatic rings. The van der Waals surface area contributed by atoms with E-state index < -0.39 is 0 Å². The number of hydrogen-bond donors (Lipinski definition) is 0. The smallest absolute Gasteiger partial charge is 0.191 e. The van der Waals surface area contributed by atoms with E-state index >= 15 is 0 Å². The van der Waals surface area contributed by atoms with Crippen molar-refractivity contribution in [3.05, 3.63) is 41.7 Å². The summed E-state index contributed by atoms with van der Waals surface area (Å²) >= 11 is 1.85. The Hall–Kier alpha value is -1.29. The van der Waals surface area contributed by atoms with Gasteiger partial charge in [-0.3, -0.25) is 0 Å². The van der Waals surface area contributed by atoms with Gasteiger partial charge in [-0.2, -0.15) is 0 Å². The van der Waals surface area contributed by atoms with E-state index in [4.69, 9.17) is 0 Å². The van der Waals surface area contributed by atoms with Crippen LogP contribution in [0.4, 0.5) is 0 Å². The molecule has 106 valence electrons. The molecule has 0 bridgehead atoms. The molecule has 1 aliphatic carbocycles. The lowest BCUT2D eigenvalue weighted by molar-refractivity contribution is 0.643. The molecule has 0 amide bonds. The molecule has 0 N–H and O–H groups in total. The fraction of sp³-hybridized carbons (Fsp3) is 0.500. The molecule has 0 spiro atoms. The molecular weight excluding hydrogens is 266 g/mol. The van der Waals surface area contributed by atoms with Gasteiger partial charge < -0.3 is 4.57 Å². The molecule has 0 unspecified atom stereocenters. The fourth-order valence-electron chi connectivity index (χ4n) is 2.43. The van der Waals surface area contributed by atoms with Crippen LogP contribution < -0.4 is 0 Å². The Morgan fingerprint density at radius 1 is 1.20 bits per heavy atom. The SMILES string of the molecule is CCn1c(SCCCc2ccccc2)nnc1C1CC1. The second-order valence-corrected chi connectivity index (χ2v) is 6.36. The Balaban J connectivity index is 1.51. The predicted octanol–water partition coefficient (Wildman–Crippen LogP) is 3.90. The third kappa shape index (κ3) is 3.23. The number of thioether (sulfide) groups is 1. The van der Waals surface area contributed by atoms with Gasteiger partial charge in [0.2, 0.25) is 0 Å². The molecule has 1 saturated carbocycles. The third-order valence-corrected chi connectivity index (χ3v) is 4.74. The number of aryl methyl sites for hydroxylation is 1. The van der Waals surface area contributed by atoms with E-state index in [1.807, 2.05) is 11.8 Å². The van der Waals surface area contributed by atoms with Crippen LogP contribution in [0.3, 0.4) is 0 Å². The Labute approximate surface area is 124 Å². The van der Waals surface area contributed by atoms with Crippen LogP contribution in [-0.2, 0) is 13.0 Å². The van der Waals surface area contributed by atoms with Crippen molar-refractivity contribution in [3.8, 4) is 0 Å². The number of aromatic nitrogens is 3. The predicted molar refractivity (Wildman–Crippen MR) is 83.2 cm³/mol. The minimum Gasteiger partial charge on any atom is -0.306 e. The highest BCUT2D eigenvalue weighted by Crippen LogP contribution is 2.40. The highest BCUT2D eigenvalue weighted by Gasteiger charge is 2.29. The Morgan fingerprint density at radius 2 is 2.00 bits per heavy atom. The monoisotopic (exact) mass is 287 g/mol. The topological polar surface area (TPSA) is 30.7 Å². The Kier molecular flexibility index (Phi) is 4.41. The van der Waals surface area contributed by atoms with Crippen LogP contribution in [0.15, 0.2) is 35.5 Å². The van der Waals surface area contributed by atoms with Gasteiger partial charge in [0.05, 0.1) is 0 Å². The van der Waals surface area contributed by atoms with Crippen LogP contribution in [-0.4, -0.2) is 20.5 Å². The van der Waals surface area contributed by atoms with Gasteiger partial charge in [0.1, 0.15) is 5.82 Å². The lowest BCUT2D eigenvalue weighted by Gasteiger charge is -2.06. The van der Waals surface area contributed by atoms with Crippen molar-refractivity contribution in [2.24, 2.45) is 0 Å². The summed E-state index contributed by atoms with van der Waals surface area (Å²) in [6.07, 6.45) is 4.90. The van der Waals surface area contributed by atoms with E-state index in [1.54, 1.807) is 0 Å². The van der Waals surface area contributed by atoms with Crippen molar-refractivity contribution in [2.45, 2.75) is 50.2 Å². The van der Waals surface area contributed by atoms with Crippen LogP contribution in [0.1, 0.15) is 43.5 Å². The van der Waals surface area contributed by atoms with E-state index in [9.17, 15) is 0 Å². The first-order valence-electron chi connectivity index (χ1n) is 7.48. The average Bonchev–Trinajstić information content (AvgIpc) is 3.25. The summed E-state index contributed by atoms with van der Waals surface area (Å²) in [5.41, 5.74) is 1.42. The standard InChI is InChI=1S/C16H21N3S/c1-2-19-15(14-10-11-14)17-18-16(19)20-12-6-9-13-7-4-3-5-8-13/h3-5,7-8,14H,2,6,9-12H2,1H3. The lowest BCUT2D eigenvalue weighted by atomic mass is 10.1. The maximum Gasteiger partial charge on any atom is 0.191 e. The molecule has 2 aromatic rings. The molecule has 1 heterocycles. The normalized spacial score (nSPS) is 14.7. The molecule has 1 aromatic carbocycles. The second kappa shape index (κ2) is 6.44. The third-order valence-electron chi connectivity index (χ3n) is 3.69. The number of nitrogens with zero attached hydrogens (tertiary/aromatic N) is 3. The zero-order chi connectivity index (χ0) is 13.8. The van der Waals surface area contributed by atoms with Gasteiger partial charge in [-0.1, -0.05) is 42.1 Å². The van der Waals surface area contributed by atoms with Crippen molar-refractivity contribution >= 4 is 11.8 Å². The van der Waals surface area contributed by atoms with Gasteiger partial charge >= 0.3 is 0 Å². The largest absolute Gasteiger partial charge is 0.306 e. The van der Waals surface area contributed by atoms with Gasteiger partial charge in [-0.25, -0.2) is 0 Å². The van der Waals surface area contributed by atoms with Crippen molar-refractivity contribution in [1.29, 1.82) is 0 Å². The second-order valence-electron chi connectivity index (χ2n) is 5.30. The summed E-state index contributed by atoms with van der Waals surface area (Å²) in [5.74, 6) is 3.00. The molecule has 0 atom stereocenters. The number of hydrogen-bond acceptors (Lipinski definition) is 3. The van der Waals surface area contributed by atoms with Gasteiger partial charge in [0.25, 0.3) is 0 Å².